The summed E-state index contributed by atoms with van der Waals surface area (Å²) in [5, 5.41) is 19.1. The number of carbonyl (C=O) groups excluding carboxylic acids is 1. The molecule has 0 radical (unpaired) electrons. The van der Waals surface area contributed by atoms with Gasteiger partial charge in [-0.25, -0.2) is 4.68 Å². The number of nitrogens with zero attached hydrogens (tertiary/aromatic N) is 6. The summed E-state index contributed by atoms with van der Waals surface area (Å²) in [6.45, 7) is 3.96. The van der Waals surface area contributed by atoms with E-state index in [9.17, 15) is 4.79 Å². The van der Waals surface area contributed by atoms with Gasteiger partial charge in [0.25, 0.3) is 0 Å². The Hall–Kier alpha value is -2.55. The van der Waals surface area contributed by atoms with Crippen LogP contribution in [0.25, 0.3) is 11.4 Å². The highest BCUT2D eigenvalue weighted by Gasteiger charge is 2.12. The van der Waals surface area contributed by atoms with Crippen LogP contribution < -0.4 is 5.32 Å². The first kappa shape index (κ1) is 16.3. The number of carbonyl (C=O) groups is 1. The lowest BCUT2D eigenvalue weighted by atomic mass is 10.2. The molecule has 24 heavy (non-hydrogen) atoms. The van der Waals surface area contributed by atoms with Crippen LogP contribution in [-0.2, 0) is 11.3 Å². The van der Waals surface area contributed by atoms with E-state index in [1.54, 1.807) is 16.9 Å². The van der Waals surface area contributed by atoms with Gasteiger partial charge in [-0.2, -0.15) is 9.90 Å². The van der Waals surface area contributed by atoms with Gasteiger partial charge in [-0.15, -0.1) is 10.2 Å². The highest BCUT2D eigenvalue weighted by atomic mass is 79.9. The third kappa shape index (κ3) is 3.67. The molecule has 9 heteroatoms. The largest absolute Gasteiger partial charge is 0.309 e. The van der Waals surface area contributed by atoms with Crippen molar-refractivity contribution in [3.05, 3.63) is 41.0 Å². The number of nitrogens with one attached hydrogen (secondary N) is 1. The van der Waals surface area contributed by atoms with E-state index in [-0.39, 0.29) is 18.5 Å². The van der Waals surface area contributed by atoms with Crippen molar-refractivity contribution in [3.8, 4) is 11.4 Å². The van der Waals surface area contributed by atoms with Crippen molar-refractivity contribution in [2.75, 3.05) is 5.32 Å². The molecule has 1 amide bonds. The Morgan fingerprint density at radius 1 is 1.25 bits per heavy atom. The molecular weight excluding hydrogens is 374 g/mol. The quantitative estimate of drug-likeness (QED) is 0.723. The van der Waals surface area contributed by atoms with Crippen molar-refractivity contribution in [2.24, 2.45) is 0 Å². The molecule has 2 aromatic heterocycles. The summed E-state index contributed by atoms with van der Waals surface area (Å²) in [5.74, 6) is 0.878. The molecule has 124 valence electrons. The van der Waals surface area contributed by atoms with Crippen LogP contribution in [0.2, 0.25) is 0 Å². The maximum Gasteiger partial charge on any atom is 0.249 e. The predicted molar refractivity (Wildman–Crippen MR) is 92.2 cm³/mol. The van der Waals surface area contributed by atoms with Gasteiger partial charge in [0.15, 0.2) is 0 Å². The van der Waals surface area contributed by atoms with Gasteiger partial charge in [-0.05, 0) is 43.3 Å². The molecule has 0 aliphatic rings. The van der Waals surface area contributed by atoms with E-state index in [0.29, 0.717) is 11.6 Å². The van der Waals surface area contributed by atoms with Gasteiger partial charge >= 0.3 is 0 Å². The van der Waals surface area contributed by atoms with E-state index in [1.807, 2.05) is 38.1 Å². The molecule has 0 saturated heterocycles. The van der Waals surface area contributed by atoms with E-state index >= 15 is 0 Å². The lowest BCUT2D eigenvalue weighted by Gasteiger charge is -2.11. The second kappa shape index (κ2) is 6.91. The van der Waals surface area contributed by atoms with Crippen LogP contribution in [0.3, 0.4) is 0 Å². The summed E-state index contributed by atoms with van der Waals surface area (Å²) in [5.41, 5.74) is 0.836. The number of halogens is 1. The van der Waals surface area contributed by atoms with Crippen molar-refractivity contribution in [2.45, 2.75) is 26.4 Å². The molecule has 2 heterocycles. The highest BCUT2D eigenvalue weighted by Crippen LogP contribution is 2.17. The highest BCUT2D eigenvalue weighted by molar-refractivity contribution is 9.10. The fourth-order valence-corrected chi connectivity index (χ4v) is 2.42. The van der Waals surface area contributed by atoms with Gasteiger partial charge in [0.05, 0.1) is 6.20 Å². The number of rotatable bonds is 5. The van der Waals surface area contributed by atoms with Crippen LogP contribution in [0.15, 0.2) is 41.0 Å². The monoisotopic (exact) mass is 389 g/mol. The standard InChI is InChI=1S/C15H16BrN7O/c1-10(2)23-13(7-8-17-23)18-14(24)9-22-20-15(19-21-22)11-3-5-12(16)6-4-11/h3-8,10H,9H2,1-2H3,(H,18,24). The van der Waals surface area contributed by atoms with Crippen molar-refractivity contribution >= 4 is 27.7 Å². The van der Waals surface area contributed by atoms with Gasteiger partial charge in [-0.3, -0.25) is 4.79 Å². The van der Waals surface area contributed by atoms with Gasteiger partial charge in [0.1, 0.15) is 12.4 Å². The Balaban J connectivity index is 1.67. The summed E-state index contributed by atoms with van der Waals surface area (Å²) in [7, 11) is 0. The predicted octanol–water partition coefficient (Wildman–Crippen LogP) is 2.52. The average molecular weight is 390 g/mol. The van der Waals surface area contributed by atoms with E-state index in [1.165, 1.54) is 4.80 Å². The second-order valence-corrected chi connectivity index (χ2v) is 6.37. The fraction of sp³-hybridized carbons (Fsp3) is 0.267. The number of hydrogen-bond acceptors (Lipinski definition) is 5. The van der Waals surface area contributed by atoms with E-state index in [0.717, 1.165) is 10.0 Å². The number of hydrogen-bond donors (Lipinski definition) is 1. The molecule has 0 atom stereocenters. The number of tetrazole rings is 1. The molecule has 0 aliphatic heterocycles. The molecule has 0 saturated carbocycles. The Bertz CT molecular complexity index is 838. The molecule has 3 aromatic rings. The molecule has 3 rings (SSSR count). The van der Waals surface area contributed by atoms with Crippen molar-refractivity contribution in [1.82, 2.24) is 30.0 Å². The van der Waals surface area contributed by atoms with Gasteiger partial charge in [0, 0.05) is 22.1 Å². The first-order valence-corrected chi connectivity index (χ1v) is 8.19. The van der Waals surface area contributed by atoms with Crippen LogP contribution in [0.5, 0.6) is 0 Å². The Morgan fingerprint density at radius 2 is 2.00 bits per heavy atom. The smallest absolute Gasteiger partial charge is 0.249 e. The molecule has 8 nitrogen and oxygen atoms in total. The molecule has 0 aliphatic carbocycles. The van der Waals surface area contributed by atoms with Crippen molar-refractivity contribution in [3.63, 3.8) is 0 Å². The number of anilines is 1. The molecular formula is C15H16BrN7O. The third-order valence-electron chi connectivity index (χ3n) is 3.27. The number of benzene rings is 1. The molecule has 0 bridgehead atoms. The van der Waals surface area contributed by atoms with Crippen molar-refractivity contribution < 1.29 is 4.79 Å². The Kier molecular flexibility index (Phi) is 4.70. The lowest BCUT2D eigenvalue weighted by Crippen LogP contribution is -2.22. The first-order chi connectivity index (χ1) is 11.5. The average Bonchev–Trinajstić information content (AvgIpc) is 3.17. The van der Waals surface area contributed by atoms with Crippen LogP contribution >= 0.6 is 15.9 Å². The van der Waals surface area contributed by atoms with E-state index in [2.05, 4.69) is 41.8 Å². The zero-order valence-corrected chi connectivity index (χ0v) is 14.8. The van der Waals surface area contributed by atoms with Gasteiger partial charge < -0.3 is 5.32 Å². The molecule has 1 aromatic carbocycles. The SMILES string of the molecule is CC(C)n1nccc1NC(=O)Cn1nnc(-c2ccc(Br)cc2)n1. The fourth-order valence-electron chi connectivity index (χ4n) is 2.16. The van der Waals surface area contributed by atoms with Crippen LogP contribution in [0.1, 0.15) is 19.9 Å². The topological polar surface area (TPSA) is 90.5 Å². The van der Waals surface area contributed by atoms with Crippen molar-refractivity contribution in [1.29, 1.82) is 0 Å². The minimum atomic E-state index is -0.239. The zero-order valence-electron chi connectivity index (χ0n) is 13.2. The number of amides is 1. The van der Waals surface area contributed by atoms with Crippen LogP contribution in [0, 0.1) is 0 Å². The molecule has 1 N–H and O–H groups in total. The zero-order chi connectivity index (χ0) is 17.1. The Morgan fingerprint density at radius 3 is 2.71 bits per heavy atom. The summed E-state index contributed by atoms with van der Waals surface area (Å²) < 4.78 is 2.71. The Labute approximate surface area is 147 Å². The first-order valence-electron chi connectivity index (χ1n) is 7.40. The summed E-state index contributed by atoms with van der Waals surface area (Å²) in [6, 6.07) is 9.47. The lowest BCUT2D eigenvalue weighted by molar-refractivity contribution is -0.117. The molecule has 0 fully saturated rings. The second-order valence-electron chi connectivity index (χ2n) is 5.45. The number of aromatic nitrogens is 6. The summed E-state index contributed by atoms with van der Waals surface area (Å²) in [4.78, 5) is 13.4. The van der Waals surface area contributed by atoms with Gasteiger partial charge in [0.2, 0.25) is 11.7 Å². The van der Waals surface area contributed by atoms with E-state index < -0.39 is 0 Å². The minimum absolute atomic E-state index is 0.0210. The minimum Gasteiger partial charge on any atom is -0.309 e. The summed E-state index contributed by atoms with van der Waals surface area (Å²) in [6.07, 6.45) is 1.65. The molecule has 0 unspecified atom stereocenters. The van der Waals surface area contributed by atoms with E-state index in [4.69, 9.17) is 0 Å². The van der Waals surface area contributed by atoms with Crippen LogP contribution in [0.4, 0.5) is 5.82 Å². The van der Waals surface area contributed by atoms with Gasteiger partial charge in [-0.1, -0.05) is 15.9 Å². The molecule has 0 spiro atoms. The third-order valence-corrected chi connectivity index (χ3v) is 3.80. The maximum absolute atomic E-state index is 12.2. The summed E-state index contributed by atoms with van der Waals surface area (Å²) >= 11 is 3.38. The maximum atomic E-state index is 12.2. The van der Waals surface area contributed by atoms with Crippen LogP contribution in [-0.4, -0.2) is 35.9 Å². The normalized spacial score (nSPS) is 11.0.